The molecule has 1 aromatic heterocycles. The minimum atomic E-state index is 0.571. The predicted octanol–water partition coefficient (Wildman–Crippen LogP) is 2.24. The molecule has 1 heterocycles. The number of oxazole rings is 1. The van der Waals surface area contributed by atoms with Gasteiger partial charge in [0.25, 0.3) is 0 Å². The lowest BCUT2D eigenvalue weighted by Gasteiger charge is -2.04. The summed E-state index contributed by atoms with van der Waals surface area (Å²) >= 11 is 0. The molecule has 1 aromatic carbocycles. The second-order valence-electron chi connectivity index (χ2n) is 3.25. The molecular weight excluding hydrogens is 192 g/mol. The smallest absolute Gasteiger partial charge is 0.226 e. The first-order valence-electron chi connectivity index (χ1n) is 4.56. The fourth-order valence-corrected chi connectivity index (χ4v) is 1.35. The maximum absolute atomic E-state index is 5.78. The van der Waals surface area contributed by atoms with Crippen LogP contribution in [0.1, 0.15) is 5.69 Å². The van der Waals surface area contributed by atoms with E-state index in [0.29, 0.717) is 17.3 Å². The van der Waals surface area contributed by atoms with Gasteiger partial charge in [-0.1, -0.05) is 0 Å². The molecule has 0 saturated carbocycles. The zero-order valence-corrected chi connectivity index (χ0v) is 8.65. The molecule has 0 spiro atoms. The van der Waals surface area contributed by atoms with Crippen LogP contribution in [-0.2, 0) is 0 Å². The molecule has 0 aliphatic heterocycles. The largest absolute Gasteiger partial charge is 0.495 e. The fourth-order valence-electron chi connectivity index (χ4n) is 1.35. The van der Waals surface area contributed by atoms with Gasteiger partial charge in [-0.25, -0.2) is 4.98 Å². The van der Waals surface area contributed by atoms with E-state index in [1.54, 1.807) is 25.5 Å². The number of hydrogen-bond donors (Lipinski definition) is 1. The zero-order chi connectivity index (χ0) is 10.8. The Morgan fingerprint density at radius 3 is 2.73 bits per heavy atom. The summed E-state index contributed by atoms with van der Waals surface area (Å²) in [6.45, 7) is 1.87. The van der Waals surface area contributed by atoms with Crippen molar-refractivity contribution in [3.05, 3.63) is 30.2 Å². The molecule has 78 valence electrons. The third kappa shape index (κ3) is 1.79. The molecule has 0 bridgehead atoms. The van der Waals surface area contributed by atoms with Gasteiger partial charge in [-0.05, 0) is 25.1 Å². The van der Waals surface area contributed by atoms with Gasteiger partial charge in [0.1, 0.15) is 12.0 Å². The van der Waals surface area contributed by atoms with Crippen LogP contribution in [0.3, 0.4) is 0 Å². The first-order valence-corrected chi connectivity index (χ1v) is 4.56. The van der Waals surface area contributed by atoms with Crippen LogP contribution < -0.4 is 10.5 Å². The summed E-state index contributed by atoms with van der Waals surface area (Å²) < 4.78 is 10.3. The number of methoxy groups -OCH3 is 1. The molecular formula is C11H12N2O2. The maximum Gasteiger partial charge on any atom is 0.226 e. The van der Waals surface area contributed by atoms with Crippen molar-refractivity contribution in [2.45, 2.75) is 6.92 Å². The third-order valence-electron chi connectivity index (χ3n) is 2.10. The van der Waals surface area contributed by atoms with Gasteiger partial charge in [0.2, 0.25) is 5.89 Å². The zero-order valence-electron chi connectivity index (χ0n) is 8.65. The number of ether oxygens (including phenoxy) is 1. The Morgan fingerprint density at radius 2 is 2.20 bits per heavy atom. The highest BCUT2D eigenvalue weighted by molar-refractivity contribution is 5.65. The normalized spacial score (nSPS) is 10.3. The quantitative estimate of drug-likeness (QED) is 0.762. The molecule has 2 N–H and O–H groups in total. The lowest BCUT2D eigenvalue weighted by Crippen LogP contribution is -1.92. The van der Waals surface area contributed by atoms with Crippen molar-refractivity contribution in [1.29, 1.82) is 0 Å². The van der Waals surface area contributed by atoms with E-state index in [1.165, 1.54) is 0 Å². The van der Waals surface area contributed by atoms with Crippen molar-refractivity contribution in [2.75, 3.05) is 12.8 Å². The van der Waals surface area contributed by atoms with Crippen LogP contribution >= 0.6 is 0 Å². The average molecular weight is 204 g/mol. The van der Waals surface area contributed by atoms with E-state index in [0.717, 1.165) is 11.3 Å². The average Bonchev–Trinajstić information content (AvgIpc) is 2.65. The van der Waals surface area contributed by atoms with Crippen LogP contribution in [0, 0.1) is 6.92 Å². The first kappa shape index (κ1) is 9.58. The van der Waals surface area contributed by atoms with Gasteiger partial charge in [0, 0.05) is 5.56 Å². The Hall–Kier alpha value is -1.97. The molecule has 0 aliphatic rings. The second-order valence-corrected chi connectivity index (χ2v) is 3.25. The first-order chi connectivity index (χ1) is 7.20. The van der Waals surface area contributed by atoms with Gasteiger partial charge in [-0.2, -0.15) is 0 Å². The Balaban J connectivity index is 2.42. The topological polar surface area (TPSA) is 61.3 Å². The Morgan fingerprint density at radius 1 is 1.40 bits per heavy atom. The van der Waals surface area contributed by atoms with Crippen molar-refractivity contribution < 1.29 is 9.15 Å². The van der Waals surface area contributed by atoms with Crippen LogP contribution in [0.5, 0.6) is 5.75 Å². The molecule has 15 heavy (non-hydrogen) atoms. The second kappa shape index (κ2) is 3.65. The third-order valence-corrected chi connectivity index (χ3v) is 2.10. The van der Waals surface area contributed by atoms with Crippen LogP contribution in [0.15, 0.2) is 28.9 Å². The van der Waals surface area contributed by atoms with E-state index < -0.39 is 0 Å². The summed E-state index contributed by atoms with van der Waals surface area (Å²) in [6, 6.07) is 5.44. The number of nitrogens with zero attached hydrogens (tertiary/aromatic N) is 1. The molecule has 0 atom stereocenters. The number of aryl methyl sites for hydroxylation is 1. The molecule has 0 aliphatic carbocycles. The van der Waals surface area contributed by atoms with Crippen molar-refractivity contribution in [1.82, 2.24) is 4.98 Å². The molecule has 2 aromatic rings. The van der Waals surface area contributed by atoms with Crippen molar-refractivity contribution in [2.24, 2.45) is 0 Å². The summed E-state index contributed by atoms with van der Waals surface area (Å²) in [6.07, 6.45) is 1.61. The molecule has 0 amide bonds. The van der Waals surface area contributed by atoms with Gasteiger partial charge in [0.05, 0.1) is 18.5 Å². The number of benzene rings is 1. The standard InChI is InChI=1S/C11H12N2O2/c1-7-6-15-11(13-7)8-3-4-10(14-2)9(12)5-8/h3-6H,12H2,1-2H3. The Kier molecular flexibility index (Phi) is 2.33. The van der Waals surface area contributed by atoms with E-state index >= 15 is 0 Å². The maximum atomic E-state index is 5.78. The highest BCUT2D eigenvalue weighted by Gasteiger charge is 2.07. The van der Waals surface area contributed by atoms with E-state index in [9.17, 15) is 0 Å². The summed E-state index contributed by atoms with van der Waals surface area (Å²) in [4.78, 5) is 4.21. The number of nitrogen functional groups attached to an aromatic ring is 1. The molecule has 0 saturated heterocycles. The monoisotopic (exact) mass is 204 g/mol. The lowest BCUT2D eigenvalue weighted by molar-refractivity contribution is 0.417. The van der Waals surface area contributed by atoms with E-state index in [4.69, 9.17) is 14.9 Å². The van der Waals surface area contributed by atoms with Gasteiger partial charge in [-0.3, -0.25) is 0 Å². The number of aromatic nitrogens is 1. The van der Waals surface area contributed by atoms with E-state index in [2.05, 4.69) is 4.98 Å². The highest BCUT2D eigenvalue weighted by Crippen LogP contribution is 2.27. The van der Waals surface area contributed by atoms with Gasteiger partial charge in [-0.15, -0.1) is 0 Å². The van der Waals surface area contributed by atoms with E-state index in [1.807, 2.05) is 13.0 Å². The minimum Gasteiger partial charge on any atom is -0.495 e. The van der Waals surface area contributed by atoms with Gasteiger partial charge < -0.3 is 14.9 Å². The number of hydrogen-bond acceptors (Lipinski definition) is 4. The highest BCUT2D eigenvalue weighted by atomic mass is 16.5. The van der Waals surface area contributed by atoms with Crippen molar-refractivity contribution in [3.8, 4) is 17.2 Å². The number of anilines is 1. The summed E-state index contributed by atoms with van der Waals surface area (Å²) in [5.74, 6) is 1.23. The van der Waals surface area contributed by atoms with Crippen molar-refractivity contribution in [3.63, 3.8) is 0 Å². The Bertz CT molecular complexity index is 477. The van der Waals surface area contributed by atoms with Crippen LogP contribution in [-0.4, -0.2) is 12.1 Å². The van der Waals surface area contributed by atoms with Crippen LogP contribution in [0.25, 0.3) is 11.5 Å². The van der Waals surface area contributed by atoms with E-state index in [-0.39, 0.29) is 0 Å². The SMILES string of the molecule is COc1ccc(-c2nc(C)co2)cc1N. The van der Waals surface area contributed by atoms with Gasteiger partial charge in [0.15, 0.2) is 0 Å². The molecule has 0 unspecified atom stereocenters. The predicted molar refractivity (Wildman–Crippen MR) is 57.6 cm³/mol. The molecule has 0 fully saturated rings. The van der Waals surface area contributed by atoms with Crippen LogP contribution in [0.2, 0.25) is 0 Å². The summed E-state index contributed by atoms with van der Waals surface area (Å²) in [5, 5.41) is 0. The summed E-state index contributed by atoms with van der Waals surface area (Å²) in [5.41, 5.74) is 8.05. The number of nitrogens with two attached hydrogens (primary N) is 1. The number of rotatable bonds is 2. The Labute approximate surface area is 87.7 Å². The summed E-state index contributed by atoms with van der Waals surface area (Å²) in [7, 11) is 1.58. The minimum absolute atomic E-state index is 0.571. The molecule has 4 heteroatoms. The van der Waals surface area contributed by atoms with Crippen molar-refractivity contribution >= 4 is 5.69 Å². The lowest BCUT2D eigenvalue weighted by atomic mass is 10.2. The van der Waals surface area contributed by atoms with Gasteiger partial charge >= 0.3 is 0 Å². The molecule has 2 rings (SSSR count). The fraction of sp³-hybridized carbons (Fsp3) is 0.182. The molecule has 4 nitrogen and oxygen atoms in total. The molecule has 0 radical (unpaired) electrons. The van der Waals surface area contributed by atoms with Crippen LogP contribution in [0.4, 0.5) is 5.69 Å².